The average molecular weight is 260 g/mol. The van der Waals surface area contributed by atoms with E-state index in [1.54, 1.807) is 18.6 Å². The number of H-pyrrole nitrogens is 1. The lowest BCUT2D eigenvalue weighted by Gasteiger charge is -2.04. The van der Waals surface area contributed by atoms with Crippen LogP contribution >= 0.6 is 0 Å². The van der Waals surface area contributed by atoms with Gasteiger partial charge in [-0.25, -0.2) is 4.98 Å². The molecule has 0 unspecified atom stereocenters. The lowest BCUT2D eigenvalue weighted by atomic mass is 10.2. The van der Waals surface area contributed by atoms with Crippen molar-refractivity contribution in [3.05, 3.63) is 58.2 Å². The Morgan fingerprint density at radius 1 is 1.47 bits per heavy atom. The molecule has 1 amide bonds. The average Bonchev–Trinajstić information content (AvgIpc) is 2.92. The normalized spacial score (nSPS) is 10.1. The molecule has 2 N–H and O–H groups in total. The Balaban J connectivity index is 1.92. The highest BCUT2D eigenvalue weighted by Crippen LogP contribution is 2.12. The van der Waals surface area contributed by atoms with Crippen LogP contribution in [-0.4, -0.2) is 27.3 Å². The van der Waals surface area contributed by atoms with Gasteiger partial charge in [-0.05, 0) is 6.07 Å². The summed E-state index contributed by atoms with van der Waals surface area (Å²) in [4.78, 5) is 28.7. The Morgan fingerprint density at radius 2 is 2.32 bits per heavy atom. The minimum atomic E-state index is -0.526. The number of hydrogen-bond acceptors (Lipinski definition) is 4. The molecule has 7 heteroatoms. The molecule has 0 saturated carbocycles. The molecule has 1 heterocycles. The first kappa shape index (κ1) is 12.7. The number of imidazole rings is 1. The highest BCUT2D eigenvalue weighted by atomic mass is 16.6. The van der Waals surface area contributed by atoms with E-state index in [0.29, 0.717) is 13.0 Å². The number of aromatic nitrogens is 2. The van der Waals surface area contributed by atoms with Crippen molar-refractivity contribution in [1.82, 2.24) is 15.3 Å². The Morgan fingerprint density at radius 3 is 3.00 bits per heavy atom. The van der Waals surface area contributed by atoms with Gasteiger partial charge >= 0.3 is 0 Å². The lowest BCUT2D eigenvalue weighted by molar-refractivity contribution is -0.384. The van der Waals surface area contributed by atoms with Crippen molar-refractivity contribution in [3.8, 4) is 0 Å². The number of amides is 1. The third-order valence-corrected chi connectivity index (χ3v) is 2.55. The summed E-state index contributed by atoms with van der Waals surface area (Å²) in [6.45, 7) is 0.434. The second kappa shape index (κ2) is 5.76. The van der Waals surface area contributed by atoms with Crippen LogP contribution in [0.3, 0.4) is 0 Å². The van der Waals surface area contributed by atoms with E-state index in [1.807, 2.05) is 0 Å². The summed E-state index contributed by atoms with van der Waals surface area (Å²) in [5.41, 5.74) is 1.10. The van der Waals surface area contributed by atoms with E-state index in [2.05, 4.69) is 15.3 Å². The molecule has 0 aliphatic carbocycles. The molecule has 0 saturated heterocycles. The number of benzene rings is 1. The lowest BCUT2D eigenvalue weighted by Crippen LogP contribution is -2.25. The maximum absolute atomic E-state index is 11.8. The topological polar surface area (TPSA) is 101 Å². The number of nitro benzene ring substituents is 1. The van der Waals surface area contributed by atoms with E-state index >= 15 is 0 Å². The predicted molar refractivity (Wildman–Crippen MR) is 67.7 cm³/mol. The maximum atomic E-state index is 11.8. The molecule has 0 radical (unpaired) electrons. The number of hydrogen-bond donors (Lipinski definition) is 2. The molecule has 98 valence electrons. The molecule has 19 heavy (non-hydrogen) atoms. The second-order valence-corrected chi connectivity index (χ2v) is 3.89. The first-order chi connectivity index (χ1) is 9.16. The van der Waals surface area contributed by atoms with Crippen molar-refractivity contribution < 1.29 is 9.72 Å². The third kappa shape index (κ3) is 3.38. The van der Waals surface area contributed by atoms with Gasteiger partial charge in [0.15, 0.2) is 0 Å². The van der Waals surface area contributed by atoms with Crippen molar-refractivity contribution in [3.63, 3.8) is 0 Å². The monoisotopic (exact) mass is 260 g/mol. The summed E-state index contributed by atoms with van der Waals surface area (Å²) in [5, 5.41) is 13.3. The standard InChI is InChI=1S/C12H12N4O3/c17-12(14-5-4-10-7-13-8-15-10)9-2-1-3-11(6-9)16(18)19/h1-3,6-8H,4-5H2,(H,13,15)(H,14,17). The molecule has 7 nitrogen and oxygen atoms in total. The van der Waals surface area contributed by atoms with Gasteiger partial charge in [-0.2, -0.15) is 0 Å². The zero-order valence-corrected chi connectivity index (χ0v) is 10.00. The molecule has 0 fully saturated rings. The summed E-state index contributed by atoms with van der Waals surface area (Å²) in [5.74, 6) is -0.330. The van der Waals surface area contributed by atoms with E-state index < -0.39 is 4.92 Å². The van der Waals surface area contributed by atoms with Gasteiger partial charge in [-0.15, -0.1) is 0 Å². The summed E-state index contributed by atoms with van der Waals surface area (Å²) in [6, 6.07) is 5.63. The Bertz CT molecular complexity index is 580. The highest BCUT2D eigenvalue weighted by molar-refractivity contribution is 5.94. The van der Waals surface area contributed by atoms with Crippen molar-refractivity contribution in [1.29, 1.82) is 0 Å². The summed E-state index contributed by atoms with van der Waals surface area (Å²) in [6.07, 6.45) is 3.87. The van der Waals surface area contributed by atoms with Crippen LogP contribution in [0, 0.1) is 10.1 Å². The first-order valence-electron chi connectivity index (χ1n) is 5.67. The van der Waals surface area contributed by atoms with E-state index in [1.165, 1.54) is 18.2 Å². The number of carbonyl (C=O) groups excluding carboxylic acids is 1. The molecule has 2 rings (SSSR count). The number of carbonyl (C=O) groups is 1. The van der Waals surface area contributed by atoms with Crippen LogP contribution in [-0.2, 0) is 6.42 Å². The molecule has 0 atom stereocenters. The number of nitrogens with one attached hydrogen (secondary N) is 2. The largest absolute Gasteiger partial charge is 0.352 e. The van der Waals surface area contributed by atoms with Gasteiger partial charge in [0, 0.05) is 42.6 Å². The van der Waals surface area contributed by atoms with Crippen molar-refractivity contribution >= 4 is 11.6 Å². The van der Waals surface area contributed by atoms with E-state index in [0.717, 1.165) is 5.69 Å². The van der Waals surface area contributed by atoms with Crippen LogP contribution in [0.5, 0.6) is 0 Å². The van der Waals surface area contributed by atoms with Crippen LogP contribution < -0.4 is 5.32 Å². The van der Waals surface area contributed by atoms with Gasteiger partial charge in [0.05, 0.1) is 11.3 Å². The molecule has 2 aromatic rings. The Hall–Kier alpha value is -2.70. The summed E-state index contributed by atoms with van der Waals surface area (Å²) >= 11 is 0. The smallest absolute Gasteiger partial charge is 0.270 e. The number of non-ortho nitro benzene ring substituents is 1. The molecular formula is C12H12N4O3. The Kier molecular flexibility index (Phi) is 3.87. The highest BCUT2D eigenvalue weighted by Gasteiger charge is 2.10. The molecule has 0 bridgehead atoms. The van der Waals surface area contributed by atoms with Crippen LogP contribution in [0.15, 0.2) is 36.8 Å². The van der Waals surface area contributed by atoms with Gasteiger partial charge in [-0.1, -0.05) is 6.07 Å². The van der Waals surface area contributed by atoms with Gasteiger partial charge in [0.2, 0.25) is 0 Å². The van der Waals surface area contributed by atoms with Crippen molar-refractivity contribution in [2.45, 2.75) is 6.42 Å². The van der Waals surface area contributed by atoms with Gasteiger partial charge in [0.25, 0.3) is 11.6 Å². The fraction of sp³-hybridized carbons (Fsp3) is 0.167. The molecule has 0 aliphatic heterocycles. The van der Waals surface area contributed by atoms with Crippen LogP contribution in [0.4, 0.5) is 5.69 Å². The number of aromatic amines is 1. The van der Waals surface area contributed by atoms with Crippen molar-refractivity contribution in [2.75, 3.05) is 6.54 Å². The maximum Gasteiger partial charge on any atom is 0.270 e. The fourth-order valence-electron chi connectivity index (χ4n) is 1.59. The van der Waals surface area contributed by atoms with Crippen LogP contribution in [0.1, 0.15) is 16.1 Å². The van der Waals surface area contributed by atoms with Gasteiger partial charge in [0.1, 0.15) is 0 Å². The van der Waals surface area contributed by atoms with E-state index in [9.17, 15) is 14.9 Å². The summed E-state index contributed by atoms with van der Waals surface area (Å²) < 4.78 is 0. The summed E-state index contributed by atoms with van der Waals surface area (Å²) in [7, 11) is 0. The molecular weight excluding hydrogens is 248 g/mol. The minimum absolute atomic E-state index is 0.0961. The number of nitro groups is 1. The van der Waals surface area contributed by atoms with Gasteiger partial charge in [-0.3, -0.25) is 14.9 Å². The van der Waals surface area contributed by atoms with Crippen LogP contribution in [0.25, 0.3) is 0 Å². The first-order valence-corrected chi connectivity index (χ1v) is 5.67. The molecule has 1 aromatic heterocycles. The molecule has 0 spiro atoms. The quantitative estimate of drug-likeness (QED) is 0.624. The number of nitrogens with zero attached hydrogens (tertiary/aromatic N) is 2. The molecule has 1 aromatic carbocycles. The second-order valence-electron chi connectivity index (χ2n) is 3.89. The Labute approximate surface area is 108 Å². The SMILES string of the molecule is O=C(NCCc1cnc[nH]1)c1cccc([N+](=O)[O-])c1. The van der Waals surface area contributed by atoms with Crippen molar-refractivity contribution in [2.24, 2.45) is 0 Å². The predicted octanol–water partition coefficient (Wildman–Crippen LogP) is 1.29. The van der Waals surface area contributed by atoms with Crippen LogP contribution in [0.2, 0.25) is 0 Å². The zero-order valence-electron chi connectivity index (χ0n) is 10.00. The minimum Gasteiger partial charge on any atom is -0.352 e. The van der Waals surface area contributed by atoms with E-state index in [-0.39, 0.29) is 17.2 Å². The third-order valence-electron chi connectivity index (χ3n) is 2.55. The van der Waals surface area contributed by atoms with Gasteiger partial charge < -0.3 is 10.3 Å². The number of rotatable bonds is 5. The molecule has 0 aliphatic rings. The zero-order chi connectivity index (χ0) is 13.7. The fourth-order valence-corrected chi connectivity index (χ4v) is 1.59. The van der Waals surface area contributed by atoms with E-state index in [4.69, 9.17) is 0 Å².